The van der Waals surface area contributed by atoms with Gasteiger partial charge in [0.1, 0.15) is 17.6 Å². The minimum atomic E-state index is -0.495. The molecule has 0 saturated carbocycles. The first kappa shape index (κ1) is 18.6. The fraction of sp³-hybridized carbons (Fsp3) is 0.421. The average Bonchev–Trinajstić information content (AvgIpc) is 2.67. The molecular formula is C19H22N6O2. The van der Waals surface area contributed by atoms with Gasteiger partial charge in [-0.25, -0.2) is 9.78 Å². The number of aromatic nitrogens is 3. The van der Waals surface area contributed by atoms with E-state index in [1.807, 2.05) is 26.8 Å². The number of ether oxygens (including phenoxy) is 1. The Morgan fingerprint density at radius 1 is 1.15 bits per heavy atom. The highest BCUT2D eigenvalue weighted by molar-refractivity contribution is 5.68. The van der Waals surface area contributed by atoms with Gasteiger partial charge in [-0.1, -0.05) is 12.6 Å². The Balaban J connectivity index is 1.66. The van der Waals surface area contributed by atoms with Gasteiger partial charge in [0, 0.05) is 31.7 Å². The summed E-state index contributed by atoms with van der Waals surface area (Å²) in [6.07, 6.45) is 4.73. The number of carbonyl (C=O) groups excluding carboxylic acids is 1. The first-order chi connectivity index (χ1) is 12.9. The van der Waals surface area contributed by atoms with E-state index in [4.69, 9.17) is 11.3 Å². The van der Waals surface area contributed by atoms with Crippen LogP contribution in [0.25, 0.3) is 16.1 Å². The van der Waals surface area contributed by atoms with E-state index in [1.54, 1.807) is 29.6 Å². The van der Waals surface area contributed by atoms with E-state index in [0.717, 1.165) is 11.4 Å². The van der Waals surface area contributed by atoms with Crippen molar-refractivity contribution in [2.75, 3.05) is 31.1 Å². The van der Waals surface area contributed by atoms with Crippen molar-refractivity contribution in [2.24, 2.45) is 0 Å². The number of anilines is 1. The molecule has 0 aliphatic carbocycles. The van der Waals surface area contributed by atoms with Crippen LogP contribution in [0.2, 0.25) is 0 Å². The summed E-state index contributed by atoms with van der Waals surface area (Å²) >= 11 is 0. The van der Waals surface area contributed by atoms with Gasteiger partial charge in [-0.2, -0.15) is 0 Å². The van der Waals surface area contributed by atoms with Gasteiger partial charge in [0.05, 0.1) is 18.1 Å². The van der Waals surface area contributed by atoms with Crippen LogP contribution in [-0.4, -0.2) is 57.7 Å². The molecule has 0 atom stereocenters. The highest BCUT2D eigenvalue weighted by Crippen LogP contribution is 2.21. The van der Waals surface area contributed by atoms with Gasteiger partial charge >= 0.3 is 6.09 Å². The van der Waals surface area contributed by atoms with Crippen LogP contribution in [0.3, 0.4) is 0 Å². The van der Waals surface area contributed by atoms with Crippen molar-refractivity contribution in [1.82, 2.24) is 19.9 Å². The molecule has 3 rings (SSSR count). The van der Waals surface area contributed by atoms with Gasteiger partial charge in [0.2, 0.25) is 0 Å². The van der Waals surface area contributed by atoms with Crippen LogP contribution in [0, 0.1) is 6.57 Å². The van der Waals surface area contributed by atoms with Gasteiger partial charge in [0.15, 0.2) is 0 Å². The predicted octanol–water partition coefficient (Wildman–Crippen LogP) is 3.15. The highest BCUT2D eigenvalue weighted by Gasteiger charge is 2.26. The number of nitrogens with zero attached hydrogens (tertiary/aromatic N) is 6. The van der Waals surface area contributed by atoms with Crippen molar-refractivity contribution in [1.29, 1.82) is 0 Å². The smallest absolute Gasteiger partial charge is 0.410 e. The van der Waals surface area contributed by atoms with Crippen LogP contribution < -0.4 is 4.90 Å². The quantitative estimate of drug-likeness (QED) is 0.760. The van der Waals surface area contributed by atoms with E-state index in [9.17, 15) is 4.79 Å². The third-order valence-electron chi connectivity index (χ3n) is 4.04. The number of amides is 1. The van der Waals surface area contributed by atoms with Gasteiger partial charge < -0.3 is 19.4 Å². The second-order valence-electron chi connectivity index (χ2n) is 7.23. The Kier molecular flexibility index (Phi) is 5.21. The van der Waals surface area contributed by atoms with E-state index < -0.39 is 5.60 Å². The predicted molar refractivity (Wildman–Crippen MR) is 102 cm³/mol. The Labute approximate surface area is 158 Å². The first-order valence-corrected chi connectivity index (χ1v) is 8.74. The summed E-state index contributed by atoms with van der Waals surface area (Å²) in [4.78, 5) is 32.3. The molecule has 140 valence electrons. The molecule has 1 aliphatic rings. The molecule has 1 saturated heterocycles. The van der Waals surface area contributed by atoms with Crippen LogP contribution in [0.4, 0.5) is 16.4 Å². The molecule has 2 aromatic heterocycles. The molecule has 27 heavy (non-hydrogen) atoms. The van der Waals surface area contributed by atoms with Crippen molar-refractivity contribution in [3.05, 3.63) is 42.1 Å². The van der Waals surface area contributed by atoms with E-state index in [-0.39, 0.29) is 6.09 Å². The molecule has 1 amide bonds. The molecule has 8 nitrogen and oxygen atoms in total. The largest absolute Gasteiger partial charge is 0.444 e. The molecule has 0 radical (unpaired) electrons. The number of pyridine rings is 1. The lowest BCUT2D eigenvalue weighted by molar-refractivity contribution is 0.0240. The molecular weight excluding hydrogens is 344 g/mol. The third-order valence-corrected chi connectivity index (χ3v) is 4.04. The Morgan fingerprint density at radius 2 is 1.89 bits per heavy atom. The Bertz CT molecular complexity index is 846. The van der Waals surface area contributed by atoms with Crippen molar-refractivity contribution < 1.29 is 9.53 Å². The van der Waals surface area contributed by atoms with E-state index >= 15 is 0 Å². The maximum absolute atomic E-state index is 12.2. The first-order valence-electron chi connectivity index (χ1n) is 8.74. The summed E-state index contributed by atoms with van der Waals surface area (Å²) in [5.41, 5.74) is 1.01. The molecule has 0 spiro atoms. The van der Waals surface area contributed by atoms with Crippen LogP contribution >= 0.6 is 0 Å². The fourth-order valence-electron chi connectivity index (χ4n) is 2.70. The summed E-state index contributed by atoms with van der Waals surface area (Å²) in [6, 6.07) is 3.48. The summed E-state index contributed by atoms with van der Waals surface area (Å²) in [7, 11) is 0. The van der Waals surface area contributed by atoms with Crippen LogP contribution in [-0.2, 0) is 4.74 Å². The minimum absolute atomic E-state index is 0.284. The number of piperazine rings is 1. The maximum atomic E-state index is 12.2. The zero-order valence-corrected chi connectivity index (χ0v) is 15.7. The second kappa shape index (κ2) is 7.58. The lowest BCUT2D eigenvalue weighted by atomic mass is 10.2. The lowest BCUT2D eigenvalue weighted by Gasteiger charge is -2.36. The van der Waals surface area contributed by atoms with Crippen molar-refractivity contribution in [2.45, 2.75) is 26.4 Å². The highest BCUT2D eigenvalue weighted by atomic mass is 16.6. The number of carbonyl (C=O) groups is 1. The molecule has 0 unspecified atom stereocenters. The molecule has 0 bridgehead atoms. The van der Waals surface area contributed by atoms with Crippen molar-refractivity contribution in [3.63, 3.8) is 0 Å². The fourth-order valence-corrected chi connectivity index (χ4v) is 2.70. The number of rotatable bonds is 2. The van der Waals surface area contributed by atoms with Crippen molar-refractivity contribution >= 4 is 17.7 Å². The third kappa shape index (κ3) is 4.70. The molecule has 0 N–H and O–H groups in total. The average molecular weight is 366 g/mol. The van der Waals surface area contributed by atoms with Gasteiger partial charge in [0.25, 0.3) is 5.82 Å². The molecule has 2 aromatic rings. The second-order valence-corrected chi connectivity index (χ2v) is 7.23. The molecule has 1 fully saturated rings. The topological polar surface area (TPSA) is 75.8 Å². The summed E-state index contributed by atoms with van der Waals surface area (Å²) < 4.78 is 5.43. The summed E-state index contributed by atoms with van der Waals surface area (Å²) in [5.74, 6) is 1.10. The SMILES string of the molecule is [C-]#[N+]c1ccc(-c2cncc(N3CCN(C(=O)OC(C)(C)C)CC3)n2)cn1. The maximum Gasteiger partial charge on any atom is 0.410 e. The normalized spacial score (nSPS) is 14.6. The zero-order chi connectivity index (χ0) is 19.4. The lowest BCUT2D eigenvalue weighted by Crippen LogP contribution is -2.50. The van der Waals surface area contributed by atoms with Crippen LogP contribution in [0.1, 0.15) is 20.8 Å². The standard InChI is InChI=1S/C19H22N6O2/c1-19(2,3)27-18(26)25-9-7-24(8-10-25)17-13-21-12-15(23-17)14-5-6-16(20-4)22-11-14/h5-6,11-13H,7-10H2,1-3H3. The number of hydrogen-bond donors (Lipinski definition) is 0. The van der Waals surface area contributed by atoms with Crippen LogP contribution in [0.5, 0.6) is 0 Å². The van der Waals surface area contributed by atoms with Crippen LogP contribution in [0.15, 0.2) is 30.7 Å². The summed E-state index contributed by atoms with van der Waals surface area (Å²) in [6.45, 7) is 15.0. The minimum Gasteiger partial charge on any atom is -0.444 e. The van der Waals surface area contributed by atoms with Gasteiger partial charge in [-0.3, -0.25) is 4.98 Å². The Morgan fingerprint density at radius 3 is 2.48 bits per heavy atom. The molecule has 0 aromatic carbocycles. The summed E-state index contributed by atoms with van der Waals surface area (Å²) in [5, 5.41) is 0. The van der Waals surface area contributed by atoms with Crippen molar-refractivity contribution in [3.8, 4) is 11.3 Å². The molecule has 8 heteroatoms. The zero-order valence-electron chi connectivity index (χ0n) is 15.7. The number of hydrogen-bond acceptors (Lipinski definition) is 6. The Hall–Kier alpha value is -3.21. The van der Waals surface area contributed by atoms with Gasteiger partial charge in [-0.15, -0.1) is 4.98 Å². The molecule has 3 heterocycles. The van der Waals surface area contributed by atoms with E-state index in [1.165, 1.54) is 0 Å². The molecule has 1 aliphatic heterocycles. The monoisotopic (exact) mass is 366 g/mol. The van der Waals surface area contributed by atoms with E-state index in [2.05, 4.69) is 24.7 Å². The van der Waals surface area contributed by atoms with E-state index in [0.29, 0.717) is 37.7 Å². The van der Waals surface area contributed by atoms with Gasteiger partial charge in [-0.05, 0) is 26.8 Å².